The van der Waals surface area contributed by atoms with Crippen molar-refractivity contribution in [3.8, 4) is 5.75 Å². The van der Waals surface area contributed by atoms with E-state index in [4.69, 9.17) is 21.1 Å². The van der Waals surface area contributed by atoms with Gasteiger partial charge in [0, 0.05) is 36.8 Å². The van der Waals surface area contributed by atoms with Crippen LogP contribution in [-0.2, 0) is 26.8 Å². The van der Waals surface area contributed by atoms with Crippen LogP contribution in [-0.4, -0.2) is 42.2 Å². The van der Waals surface area contributed by atoms with Crippen LogP contribution in [0, 0.1) is 5.82 Å². The molecule has 0 radical (unpaired) electrons. The van der Waals surface area contributed by atoms with Gasteiger partial charge in [-0.1, -0.05) is 35.9 Å². The summed E-state index contributed by atoms with van der Waals surface area (Å²) in [6.07, 6.45) is 7.15. The van der Waals surface area contributed by atoms with Crippen LogP contribution in [0.2, 0.25) is 5.02 Å². The quantitative estimate of drug-likeness (QED) is 0.150. The molecule has 45 heavy (non-hydrogen) atoms. The second-order valence-corrected chi connectivity index (χ2v) is 13.0. The SMILES string of the molecule is O=S(=O)(CCNCC1(c2ccc3ncnc(Nc4ccc(OCc5cccc(F)c5)c(Cl)c4)c3c2)CC=CO1)c1ccccn1. The van der Waals surface area contributed by atoms with E-state index in [0.29, 0.717) is 40.8 Å². The summed E-state index contributed by atoms with van der Waals surface area (Å²) < 4.78 is 50.8. The van der Waals surface area contributed by atoms with Crippen molar-refractivity contribution < 1.29 is 22.3 Å². The molecule has 9 nitrogen and oxygen atoms in total. The molecule has 5 aromatic rings. The van der Waals surface area contributed by atoms with E-state index in [1.807, 2.05) is 30.3 Å². The van der Waals surface area contributed by atoms with Crippen LogP contribution in [0.5, 0.6) is 5.75 Å². The second-order valence-electron chi connectivity index (χ2n) is 10.5. The van der Waals surface area contributed by atoms with Gasteiger partial charge >= 0.3 is 0 Å². The molecule has 1 atom stereocenters. The van der Waals surface area contributed by atoms with Crippen LogP contribution in [0.15, 0.2) is 109 Å². The number of sulfone groups is 1. The Hall–Kier alpha value is -4.58. The number of nitrogens with one attached hydrogen (secondary N) is 2. The molecule has 0 bridgehead atoms. The normalized spacial score (nSPS) is 16.0. The molecule has 0 spiro atoms. The predicted octanol–water partition coefficient (Wildman–Crippen LogP) is 6.33. The molecule has 3 aromatic carbocycles. The Morgan fingerprint density at radius 3 is 2.69 bits per heavy atom. The Balaban J connectivity index is 1.17. The first-order chi connectivity index (χ1) is 21.8. The van der Waals surface area contributed by atoms with E-state index in [9.17, 15) is 12.8 Å². The molecule has 2 N–H and O–H groups in total. The third kappa shape index (κ3) is 7.06. The number of aromatic nitrogens is 3. The van der Waals surface area contributed by atoms with E-state index in [0.717, 1.165) is 16.5 Å². The Kier molecular flexibility index (Phi) is 8.92. The maximum atomic E-state index is 13.5. The summed E-state index contributed by atoms with van der Waals surface area (Å²) >= 11 is 6.52. The molecule has 0 saturated carbocycles. The molecule has 0 fully saturated rings. The highest BCUT2D eigenvalue weighted by molar-refractivity contribution is 7.91. The number of anilines is 2. The van der Waals surface area contributed by atoms with E-state index in [-0.39, 0.29) is 29.7 Å². The number of fused-ring (bicyclic) bond motifs is 1. The van der Waals surface area contributed by atoms with E-state index >= 15 is 0 Å². The Morgan fingerprint density at radius 2 is 1.91 bits per heavy atom. The molecule has 2 aromatic heterocycles. The zero-order valence-electron chi connectivity index (χ0n) is 24.0. The maximum absolute atomic E-state index is 13.5. The lowest BCUT2D eigenvalue weighted by Crippen LogP contribution is -2.39. The fraction of sp³-hybridized carbons (Fsp3) is 0.182. The summed E-state index contributed by atoms with van der Waals surface area (Å²) in [5.74, 6) is 0.618. The van der Waals surface area contributed by atoms with Crippen LogP contribution in [0.25, 0.3) is 10.9 Å². The summed E-state index contributed by atoms with van der Waals surface area (Å²) in [6, 6.07) is 22.2. The number of hydrogen-bond donors (Lipinski definition) is 2. The molecule has 230 valence electrons. The molecular formula is C33H29ClFN5O4S. The van der Waals surface area contributed by atoms with Gasteiger partial charge in [0.1, 0.15) is 35.9 Å². The fourth-order valence-corrected chi connectivity index (χ4v) is 6.42. The van der Waals surface area contributed by atoms with E-state index in [1.54, 1.807) is 42.7 Å². The van der Waals surface area contributed by atoms with Crippen molar-refractivity contribution in [3.63, 3.8) is 0 Å². The Morgan fingerprint density at radius 1 is 1.00 bits per heavy atom. The monoisotopic (exact) mass is 645 g/mol. The summed E-state index contributed by atoms with van der Waals surface area (Å²) in [4.78, 5) is 12.9. The van der Waals surface area contributed by atoms with Crippen molar-refractivity contribution >= 4 is 43.8 Å². The smallest absolute Gasteiger partial charge is 0.196 e. The number of hydrogen-bond acceptors (Lipinski definition) is 9. The Bertz CT molecular complexity index is 1950. The number of ether oxygens (including phenoxy) is 2. The molecule has 0 aliphatic carbocycles. The minimum absolute atomic E-state index is 0.0576. The molecule has 6 rings (SSSR count). The number of nitrogens with zero attached hydrogens (tertiary/aromatic N) is 3. The molecule has 1 unspecified atom stereocenters. The highest BCUT2D eigenvalue weighted by Crippen LogP contribution is 2.37. The van der Waals surface area contributed by atoms with Gasteiger partial charge in [0.05, 0.1) is 22.6 Å². The molecular weight excluding hydrogens is 617 g/mol. The predicted molar refractivity (Wildman–Crippen MR) is 171 cm³/mol. The maximum Gasteiger partial charge on any atom is 0.196 e. The lowest BCUT2D eigenvalue weighted by atomic mass is 9.90. The first kappa shape index (κ1) is 30.4. The van der Waals surface area contributed by atoms with Gasteiger partial charge in [-0.2, -0.15) is 0 Å². The van der Waals surface area contributed by atoms with Gasteiger partial charge in [-0.15, -0.1) is 0 Å². The molecule has 3 heterocycles. The van der Waals surface area contributed by atoms with Crippen molar-refractivity contribution in [2.75, 3.05) is 24.2 Å². The zero-order valence-corrected chi connectivity index (χ0v) is 25.6. The van der Waals surface area contributed by atoms with Crippen molar-refractivity contribution in [3.05, 3.63) is 126 Å². The zero-order chi connectivity index (χ0) is 31.3. The fourth-order valence-electron chi connectivity index (χ4n) is 5.06. The molecule has 1 aliphatic heterocycles. The van der Waals surface area contributed by atoms with Crippen LogP contribution in [0.3, 0.4) is 0 Å². The largest absolute Gasteiger partial charge is 0.489 e. The topological polar surface area (TPSA) is 115 Å². The number of halogens is 2. The van der Waals surface area contributed by atoms with Crippen molar-refractivity contribution in [2.24, 2.45) is 0 Å². The average molecular weight is 646 g/mol. The summed E-state index contributed by atoms with van der Waals surface area (Å²) in [5.41, 5.74) is 2.26. The lowest BCUT2D eigenvalue weighted by Gasteiger charge is -2.30. The molecule has 0 amide bonds. The van der Waals surface area contributed by atoms with Gasteiger partial charge in [0.25, 0.3) is 0 Å². The summed E-state index contributed by atoms with van der Waals surface area (Å²) in [5, 5.41) is 7.80. The van der Waals surface area contributed by atoms with Crippen molar-refractivity contribution in [1.29, 1.82) is 0 Å². The number of rotatable bonds is 12. The lowest BCUT2D eigenvalue weighted by molar-refractivity contribution is 0.0419. The third-order valence-corrected chi connectivity index (χ3v) is 9.31. The number of pyridine rings is 1. The van der Waals surface area contributed by atoms with Gasteiger partial charge in [-0.25, -0.2) is 27.8 Å². The van der Waals surface area contributed by atoms with Crippen molar-refractivity contribution in [1.82, 2.24) is 20.3 Å². The standard InChI is InChI=1S/C33H29ClFN5O4S/c34-28-19-26(9-11-30(28)43-20-23-5-3-6-25(35)17-23)40-32-27-18-24(8-10-29(27)38-22-39-32)33(12-4-15-44-33)21-36-14-16-45(41,42)31-7-1-2-13-37-31/h1-11,13,15,17-19,22,36H,12,14,16,20-21H2,(H,38,39,40). The van der Waals surface area contributed by atoms with Gasteiger partial charge in [-0.05, 0) is 71.8 Å². The minimum atomic E-state index is -3.51. The van der Waals surface area contributed by atoms with Crippen LogP contribution in [0.4, 0.5) is 15.9 Å². The van der Waals surface area contributed by atoms with Crippen LogP contribution in [0.1, 0.15) is 17.5 Å². The van der Waals surface area contributed by atoms with E-state index in [2.05, 4.69) is 25.6 Å². The minimum Gasteiger partial charge on any atom is -0.489 e. The van der Waals surface area contributed by atoms with E-state index < -0.39 is 15.4 Å². The first-order valence-electron chi connectivity index (χ1n) is 14.2. The van der Waals surface area contributed by atoms with E-state index in [1.165, 1.54) is 30.7 Å². The van der Waals surface area contributed by atoms with Gasteiger partial charge in [0.2, 0.25) is 0 Å². The van der Waals surface area contributed by atoms with Crippen molar-refractivity contribution in [2.45, 2.75) is 23.7 Å². The van der Waals surface area contributed by atoms with Crippen LogP contribution >= 0.6 is 11.6 Å². The third-order valence-electron chi connectivity index (χ3n) is 7.39. The van der Waals surface area contributed by atoms with Crippen LogP contribution < -0.4 is 15.4 Å². The summed E-state index contributed by atoms with van der Waals surface area (Å²) in [6.45, 7) is 0.791. The average Bonchev–Trinajstić information content (AvgIpc) is 3.53. The first-order valence-corrected chi connectivity index (χ1v) is 16.2. The molecule has 1 aliphatic rings. The highest BCUT2D eigenvalue weighted by atomic mass is 35.5. The second kappa shape index (κ2) is 13.2. The molecule has 0 saturated heterocycles. The van der Waals surface area contributed by atoms with Gasteiger partial charge in [0.15, 0.2) is 14.9 Å². The Labute approximate surface area is 265 Å². The summed E-state index contributed by atoms with van der Waals surface area (Å²) in [7, 11) is -3.51. The number of benzene rings is 3. The van der Waals surface area contributed by atoms with Gasteiger partial charge < -0.3 is 20.1 Å². The highest BCUT2D eigenvalue weighted by Gasteiger charge is 2.35. The molecule has 12 heteroatoms. The van der Waals surface area contributed by atoms with Gasteiger partial charge in [-0.3, -0.25) is 0 Å².